The first-order chi connectivity index (χ1) is 6.86. The van der Waals surface area contributed by atoms with Crippen molar-refractivity contribution in [2.75, 3.05) is 0 Å². The molecule has 2 N–H and O–H groups in total. The van der Waals surface area contributed by atoms with E-state index >= 15 is 0 Å². The zero-order valence-corrected chi connectivity index (χ0v) is 8.06. The zero-order valence-electron chi connectivity index (χ0n) is 8.06. The number of benzene rings is 1. The van der Waals surface area contributed by atoms with Gasteiger partial charge in [-0.2, -0.15) is 0 Å². The van der Waals surface area contributed by atoms with Crippen LogP contribution in [0.2, 0.25) is 0 Å². The first-order valence-corrected chi connectivity index (χ1v) is 4.90. The molecule has 14 heavy (non-hydrogen) atoms. The summed E-state index contributed by atoms with van der Waals surface area (Å²) in [5.74, 6) is 0.652. The molecule has 0 saturated heterocycles. The maximum absolute atomic E-state index is 5.90. The Kier molecular flexibility index (Phi) is 2.63. The molecule has 0 saturated carbocycles. The summed E-state index contributed by atoms with van der Waals surface area (Å²) in [4.78, 5) is 4.48. The molecule has 0 radical (unpaired) electrons. The van der Waals surface area contributed by atoms with Crippen LogP contribution >= 0.6 is 0 Å². The van der Waals surface area contributed by atoms with Gasteiger partial charge >= 0.3 is 0 Å². The fourth-order valence-electron chi connectivity index (χ4n) is 1.59. The Labute approximate surface area is 84.2 Å². The number of nitrogens with two attached hydrogens (primary N) is 1. The largest absolute Gasteiger partial charge is 0.383 e. The first kappa shape index (κ1) is 9.00. The van der Waals surface area contributed by atoms with Gasteiger partial charge in [0.15, 0.2) is 0 Å². The van der Waals surface area contributed by atoms with Crippen LogP contribution in [0.4, 0.5) is 0 Å². The van der Waals surface area contributed by atoms with Crippen LogP contribution < -0.4 is 5.73 Å². The average Bonchev–Trinajstić information content (AvgIpc) is 2.72. The fraction of sp³-hybridized carbons (Fsp3) is 0.250. The van der Waals surface area contributed by atoms with Gasteiger partial charge in [0.1, 0.15) is 5.84 Å². The Morgan fingerprint density at radius 1 is 1.14 bits per heavy atom. The fourth-order valence-corrected chi connectivity index (χ4v) is 1.59. The van der Waals surface area contributed by atoms with Crippen molar-refractivity contribution >= 4 is 5.84 Å². The molecule has 0 amide bonds. The number of hydrogen-bond donors (Lipinski definition) is 1. The van der Waals surface area contributed by atoms with E-state index in [2.05, 4.69) is 17.1 Å². The van der Waals surface area contributed by atoms with Gasteiger partial charge in [-0.05, 0) is 12.8 Å². The van der Waals surface area contributed by atoms with E-state index in [-0.39, 0.29) is 0 Å². The van der Waals surface area contributed by atoms with E-state index in [0.29, 0.717) is 11.9 Å². The third-order valence-electron chi connectivity index (χ3n) is 2.37. The van der Waals surface area contributed by atoms with Crippen LogP contribution in [0.25, 0.3) is 0 Å². The van der Waals surface area contributed by atoms with Crippen molar-refractivity contribution in [2.45, 2.75) is 18.9 Å². The summed E-state index contributed by atoms with van der Waals surface area (Å²) in [5, 5.41) is 0. The molecule has 0 aromatic heterocycles. The lowest BCUT2D eigenvalue weighted by molar-refractivity contribution is 0.734. The van der Waals surface area contributed by atoms with E-state index in [9.17, 15) is 0 Å². The summed E-state index contributed by atoms with van der Waals surface area (Å²) in [6.45, 7) is 0. The summed E-state index contributed by atoms with van der Waals surface area (Å²) < 4.78 is 0. The maximum atomic E-state index is 5.90. The lowest BCUT2D eigenvalue weighted by atomic mass is 10.2. The highest BCUT2D eigenvalue weighted by Gasteiger charge is 2.08. The Morgan fingerprint density at radius 3 is 2.43 bits per heavy atom. The Hall–Kier alpha value is -1.57. The van der Waals surface area contributed by atoms with E-state index in [1.807, 2.05) is 30.3 Å². The molecule has 0 unspecified atom stereocenters. The van der Waals surface area contributed by atoms with Crippen LogP contribution in [0, 0.1) is 0 Å². The second-order valence-corrected chi connectivity index (χ2v) is 3.48. The van der Waals surface area contributed by atoms with E-state index in [1.54, 1.807) is 0 Å². The quantitative estimate of drug-likeness (QED) is 0.429. The highest BCUT2D eigenvalue weighted by Crippen LogP contribution is 2.14. The molecule has 2 nitrogen and oxygen atoms in total. The second kappa shape index (κ2) is 4.09. The third kappa shape index (κ3) is 2.02. The van der Waals surface area contributed by atoms with E-state index in [0.717, 1.165) is 18.4 Å². The molecule has 0 bridgehead atoms. The van der Waals surface area contributed by atoms with E-state index < -0.39 is 0 Å². The zero-order chi connectivity index (χ0) is 9.80. The molecule has 0 heterocycles. The average molecular weight is 186 g/mol. The molecule has 1 aliphatic carbocycles. The minimum absolute atomic E-state index is 0.357. The molecule has 1 aliphatic rings. The monoisotopic (exact) mass is 186 g/mol. The van der Waals surface area contributed by atoms with Gasteiger partial charge in [0.25, 0.3) is 0 Å². The summed E-state index contributed by atoms with van der Waals surface area (Å²) in [5.41, 5.74) is 6.91. The van der Waals surface area contributed by atoms with Gasteiger partial charge in [-0.25, -0.2) is 0 Å². The predicted octanol–water partition coefficient (Wildman–Crippen LogP) is 2.11. The molecule has 1 aromatic rings. The van der Waals surface area contributed by atoms with Crippen molar-refractivity contribution in [1.29, 1.82) is 0 Å². The standard InChI is InChI=1S/C12H14N2/c13-12(10-6-2-1-3-7-10)14-11-8-4-5-9-11/h1-7,11H,8-9H2,(H2,13,14). The van der Waals surface area contributed by atoms with E-state index in [1.165, 1.54) is 0 Å². The number of nitrogens with zero attached hydrogens (tertiary/aromatic N) is 1. The molecular formula is C12H14N2. The van der Waals surface area contributed by atoms with Crippen LogP contribution in [0.1, 0.15) is 18.4 Å². The minimum Gasteiger partial charge on any atom is -0.383 e. The van der Waals surface area contributed by atoms with Crippen molar-refractivity contribution in [3.63, 3.8) is 0 Å². The number of aliphatic imine (C=N–C) groups is 1. The molecule has 0 atom stereocenters. The van der Waals surface area contributed by atoms with E-state index in [4.69, 9.17) is 5.73 Å². The molecule has 0 aliphatic heterocycles. The topological polar surface area (TPSA) is 38.4 Å². The number of amidine groups is 1. The Morgan fingerprint density at radius 2 is 1.79 bits per heavy atom. The predicted molar refractivity (Wildman–Crippen MR) is 59.3 cm³/mol. The van der Waals surface area contributed by atoms with Gasteiger partial charge in [0.05, 0.1) is 6.04 Å². The second-order valence-electron chi connectivity index (χ2n) is 3.48. The van der Waals surface area contributed by atoms with Gasteiger partial charge in [-0.3, -0.25) is 4.99 Å². The van der Waals surface area contributed by atoms with Crippen LogP contribution in [0.3, 0.4) is 0 Å². The Bertz CT molecular complexity index is 344. The summed E-state index contributed by atoms with van der Waals surface area (Å²) in [7, 11) is 0. The van der Waals surface area contributed by atoms with Crippen molar-refractivity contribution in [3.8, 4) is 0 Å². The van der Waals surface area contributed by atoms with Gasteiger partial charge in [-0.1, -0.05) is 42.5 Å². The van der Waals surface area contributed by atoms with Crippen molar-refractivity contribution in [3.05, 3.63) is 48.0 Å². The molecule has 0 spiro atoms. The normalized spacial score (nSPS) is 17.6. The van der Waals surface area contributed by atoms with Crippen molar-refractivity contribution in [2.24, 2.45) is 10.7 Å². The van der Waals surface area contributed by atoms with Crippen LogP contribution in [0.15, 0.2) is 47.5 Å². The molecule has 0 fully saturated rings. The SMILES string of the molecule is NC(=NC1CC=CC1)c1ccccc1. The lowest BCUT2D eigenvalue weighted by Crippen LogP contribution is -2.16. The number of hydrogen-bond acceptors (Lipinski definition) is 1. The lowest BCUT2D eigenvalue weighted by Gasteiger charge is -2.05. The van der Waals surface area contributed by atoms with Crippen LogP contribution in [0.5, 0.6) is 0 Å². The van der Waals surface area contributed by atoms with Crippen LogP contribution in [-0.4, -0.2) is 11.9 Å². The van der Waals surface area contributed by atoms with Gasteiger partial charge in [0.2, 0.25) is 0 Å². The molecule has 1 aromatic carbocycles. The minimum atomic E-state index is 0.357. The van der Waals surface area contributed by atoms with Crippen molar-refractivity contribution in [1.82, 2.24) is 0 Å². The van der Waals surface area contributed by atoms with Crippen molar-refractivity contribution < 1.29 is 0 Å². The van der Waals surface area contributed by atoms with Gasteiger partial charge in [0, 0.05) is 5.56 Å². The summed E-state index contributed by atoms with van der Waals surface area (Å²) >= 11 is 0. The van der Waals surface area contributed by atoms with Gasteiger partial charge < -0.3 is 5.73 Å². The summed E-state index contributed by atoms with van der Waals surface area (Å²) in [6, 6.07) is 10.3. The van der Waals surface area contributed by atoms with Gasteiger partial charge in [-0.15, -0.1) is 0 Å². The highest BCUT2D eigenvalue weighted by molar-refractivity contribution is 5.97. The van der Waals surface area contributed by atoms with Crippen LogP contribution in [-0.2, 0) is 0 Å². The molecule has 72 valence electrons. The first-order valence-electron chi connectivity index (χ1n) is 4.90. The highest BCUT2D eigenvalue weighted by atomic mass is 14.9. The third-order valence-corrected chi connectivity index (χ3v) is 2.37. The molecular weight excluding hydrogens is 172 g/mol. The smallest absolute Gasteiger partial charge is 0.125 e. The Balaban J connectivity index is 2.11. The number of rotatable bonds is 2. The summed E-state index contributed by atoms with van der Waals surface area (Å²) in [6.07, 6.45) is 6.36. The molecule has 2 rings (SSSR count). The maximum Gasteiger partial charge on any atom is 0.125 e. The molecule has 2 heteroatoms.